The smallest absolute Gasteiger partial charge is 0.212 e. The Morgan fingerprint density at radius 2 is 2.07 bits per heavy atom. The Bertz CT molecular complexity index is 335. The van der Waals surface area contributed by atoms with E-state index in [1.165, 1.54) is 6.92 Å². The molecule has 0 radical (unpaired) electrons. The molecule has 0 aromatic heterocycles. The van der Waals surface area contributed by atoms with Crippen LogP contribution in [0.5, 0.6) is 0 Å². The van der Waals surface area contributed by atoms with Crippen LogP contribution in [0, 0.1) is 11.3 Å². The van der Waals surface area contributed by atoms with Crippen molar-refractivity contribution in [2.24, 2.45) is 0 Å². The summed E-state index contributed by atoms with van der Waals surface area (Å²) in [4.78, 5) is 0. The van der Waals surface area contributed by atoms with Crippen LogP contribution >= 0.6 is 35.1 Å². The first-order valence-corrected chi connectivity index (χ1v) is 6.60. The maximum Gasteiger partial charge on any atom is 0.319 e. The summed E-state index contributed by atoms with van der Waals surface area (Å²) in [5.41, 5.74) is 0. The van der Waals surface area contributed by atoms with Gasteiger partial charge in [0.2, 0.25) is 10.0 Å². The molecule has 4 nitrogen and oxygen atoms in total. The predicted molar refractivity (Wildman–Crippen MR) is 54.9 cm³/mol. The van der Waals surface area contributed by atoms with Crippen LogP contribution in [0.2, 0.25) is 0 Å². The maximum atomic E-state index is 12.7. The summed E-state index contributed by atoms with van der Waals surface area (Å²) >= 11 is 9.99. The summed E-state index contributed by atoms with van der Waals surface area (Å²) < 4.78 is 32.6. The van der Waals surface area contributed by atoms with Gasteiger partial charge in [0, 0.05) is 11.9 Å². The second-order valence-electron chi connectivity index (χ2n) is 2.36. The number of alkyl halides is 3. The van der Waals surface area contributed by atoms with Gasteiger partial charge in [-0.3, -0.25) is 0 Å². The van der Waals surface area contributed by atoms with Gasteiger partial charge in [-0.1, -0.05) is 23.2 Å². The molecule has 0 saturated heterocycles. The highest BCUT2D eigenvalue weighted by Crippen LogP contribution is 2.40. The van der Waals surface area contributed by atoms with Crippen LogP contribution in [0.15, 0.2) is 0 Å². The molecule has 0 aliphatic heterocycles. The van der Waals surface area contributed by atoms with Crippen molar-refractivity contribution in [3.63, 3.8) is 0 Å². The molecule has 0 rings (SSSR count). The lowest BCUT2D eigenvalue weighted by molar-refractivity contribution is 0.489. The minimum Gasteiger partial charge on any atom is -0.212 e. The van der Waals surface area contributed by atoms with E-state index in [1.54, 1.807) is 6.07 Å². The number of rotatable bonds is 4. The van der Waals surface area contributed by atoms with E-state index in [2.05, 4.69) is 0 Å². The van der Waals surface area contributed by atoms with Crippen molar-refractivity contribution in [3.8, 4) is 6.07 Å². The number of nitrogens with zero attached hydrogens (tertiary/aromatic N) is 2. The van der Waals surface area contributed by atoms with Crippen LogP contribution in [-0.4, -0.2) is 28.3 Å². The molecule has 82 valence electrons. The van der Waals surface area contributed by atoms with Crippen LogP contribution < -0.4 is 0 Å². The molecule has 0 fully saturated rings. The fraction of sp³-hybridized carbons (Fsp3) is 0.800. The van der Waals surface area contributed by atoms with E-state index in [1.807, 2.05) is 0 Å². The second-order valence-corrected chi connectivity index (χ2v) is 7.27. The summed E-state index contributed by atoms with van der Waals surface area (Å²) in [5, 5.41) is 8.49. The van der Waals surface area contributed by atoms with Crippen molar-refractivity contribution in [1.82, 2.24) is 3.71 Å². The van der Waals surface area contributed by atoms with Gasteiger partial charge < -0.3 is 0 Å². The van der Waals surface area contributed by atoms with E-state index in [0.717, 1.165) is 6.26 Å². The third kappa shape index (κ3) is 5.22. The molecule has 0 aromatic carbocycles. The zero-order valence-electron chi connectivity index (χ0n) is 7.24. The topological polar surface area (TPSA) is 61.2 Å². The summed E-state index contributed by atoms with van der Waals surface area (Å²) in [5.74, 6) is 0. The average molecular weight is 281 g/mol. The van der Waals surface area contributed by atoms with Crippen molar-refractivity contribution < 1.29 is 12.8 Å². The molecule has 0 spiro atoms. The van der Waals surface area contributed by atoms with Gasteiger partial charge in [-0.15, -0.1) is 3.71 Å². The quantitative estimate of drug-likeness (QED) is 0.583. The van der Waals surface area contributed by atoms with Gasteiger partial charge >= 0.3 is 3.92 Å². The third-order valence-corrected chi connectivity index (χ3v) is 4.15. The van der Waals surface area contributed by atoms with E-state index in [9.17, 15) is 12.8 Å². The van der Waals surface area contributed by atoms with Gasteiger partial charge in [0.1, 0.15) is 6.04 Å². The van der Waals surface area contributed by atoms with Crippen LogP contribution in [0.1, 0.15) is 6.92 Å². The fourth-order valence-corrected chi connectivity index (χ4v) is 3.16. The van der Waals surface area contributed by atoms with E-state index >= 15 is 0 Å². The Morgan fingerprint density at radius 3 is 2.29 bits per heavy atom. The Hall–Kier alpha value is 0.260. The monoisotopic (exact) mass is 280 g/mol. The molecule has 0 saturated carbocycles. The minimum atomic E-state index is -3.74. The Balaban J connectivity index is 4.88. The number of hydrogen-bond donors (Lipinski definition) is 0. The van der Waals surface area contributed by atoms with Crippen LogP contribution in [0.3, 0.4) is 0 Å². The van der Waals surface area contributed by atoms with Crippen LogP contribution in [0.25, 0.3) is 0 Å². The average Bonchev–Trinajstić information content (AvgIpc) is 1.95. The van der Waals surface area contributed by atoms with Crippen LogP contribution in [-0.2, 0) is 10.0 Å². The molecule has 1 unspecified atom stereocenters. The normalized spacial score (nSPS) is 15.2. The minimum absolute atomic E-state index is 0.0285. The number of halogens is 3. The van der Waals surface area contributed by atoms with Gasteiger partial charge in [-0.05, 0) is 6.92 Å². The van der Waals surface area contributed by atoms with Crippen molar-refractivity contribution in [1.29, 1.82) is 5.26 Å². The molecule has 0 aromatic rings. The zero-order chi connectivity index (χ0) is 11.6. The van der Waals surface area contributed by atoms with Gasteiger partial charge in [0.15, 0.2) is 0 Å². The Morgan fingerprint density at radius 1 is 1.64 bits per heavy atom. The Labute approximate surface area is 96.1 Å². The molecule has 14 heavy (non-hydrogen) atoms. The summed E-state index contributed by atoms with van der Waals surface area (Å²) in [6, 6.07) is 0.583. The third-order valence-electron chi connectivity index (χ3n) is 1.02. The SMILES string of the molecule is CC(C#N)N(SC(F)(Cl)Cl)S(C)(=O)=O. The molecule has 0 aliphatic rings. The van der Waals surface area contributed by atoms with E-state index in [4.69, 9.17) is 28.5 Å². The molecule has 1 atom stereocenters. The summed E-state index contributed by atoms with van der Waals surface area (Å²) in [6.45, 7) is 1.29. The van der Waals surface area contributed by atoms with Gasteiger partial charge in [-0.25, -0.2) is 8.42 Å². The standard InChI is InChI=1S/C5H7Cl2FN2O2S2/c1-4(3-9)10(14(2,11)12)13-5(6,7)8/h4H,1-2H3. The first kappa shape index (κ1) is 14.3. The lowest BCUT2D eigenvalue weighted by Crippen LogP contribution is -2.33. The molecular weight excluding hydrogens is 274 g/mol. The highest BCUT2D eigenvalue weighted by molar-refractivity contribution is 8.10. The molecule has 0 amide bonds. The van der Waals surface area contributed by atoms with Crippen molar-refractivity contribution in [2.45, 2.75) is 16.9 Å². The highest BCUT2D eigenvalue weighted by atomic mass is 35.5. The lowest BCUT2D eigenvalue weighted by Gasteiger charge is -2.22. The molecule has 9 heteroatoms. The van der Waals surface area contributed by atoms with Crippen molar-refractivity contribution in [2.75, 3.05) is 6.26 Å². The fourth-order valence-electron chi connectivity index (χ4n) is 0.583. The molecule has 0 N–H and O–H groups in total. The zero-order valence-corrected chi connectivity index (χ0v) is 10.4. The molecule has 0 bridgehead atoms. The first-order chi connectivity index (χ1) is 6.08. The maximum absolute atomic E-state index is 12.7. The Kier molecular flexibility index (Phi) is 4.95. The van der Waals surface area contributed by atoms with E-state index < -0.39 is 20.0 Å². The van der Waals surface area contributed by atoms with Gasteiger partial charge in [0.25, 0.3) is 0 Å². The van der Waals surface area contributed by atoms with Crippen molar-refractivity contribution >= 4 is 45.2 Å². The van der Waals surface area contributed by atoms with E-state index in [0.29, 0.717) is 3.71 Å². The number of hydrogen-bond acceptors (Lipinski definition) is 4. The highest BCUT2D eigenvalue weighted by Gasteiger charge is 2.35. The van der Waals surface area contributed by atoms with Gasteiger partial charge in [-0.2, -0.15) is 9.65 Å². The van der Waals surface area contributed by atoms with Crippen LogP contribution in [0.4, 0.5) is 4.39 Å². The van der Waals surface area contributed by atoms with Crippen molar-refractivity contribution in [3.05, 3.63) is 0 Å². The predicted octanol–water partition coefficient (Wildman–Crippen LogP) is 1.87. The van der Waals surface area contributed by atoms with E-state index in [-0.39, 0.29) is 11.9 Å². The second kappa shape index (κ2) is 4.86. The molecular formula is C5H7Cl2FN2O2S2. The molecule has 0 aliphatic carbocycles. The van der Waals surface area contributed by atoms with Gasteiger partial charge in [0.05, 0.1) is 12.3 Å². The first-order valence-electron chi connectivity index (χ1n) is 3.23. The molecule has 0 heterocycles. The lowest BCUT2D eigenvalue weighted by atomic mass is 10.4. The largest absolute Gasteiger partial charge is 0.319 e. The number of sulfonamides is 1. The summed E-state index contributed by atoms with van der Waals surface area (Å²) in [6.07, 6.45) is 0.827. The number of nitriles is 1. The summed E-state index contributed by atoms with van der Waals surface area (Å²) in [7, 11) is -3.74.